The maximum atomic E-state index is 4.49. The monoisotopic (exact) mass is 539 g/mol. The number of nitrogens with zero attached hydrogens (tertiary/aromatic N) is 6. The van der Waals surface area contributed by atoms with Crippen molar-refractivity contribution in [3.8, 4) is 0 Å². The zero-order chi connectivity index (χ0) is 21.5. The molecule has 2 heterocycles. The van der Waals surface area contributed by atoms with Crippen LogP contribution in [0, 0.1) is 0 Å². The molecule has 0 amide bonds. The van der Waals surface area contributed by atoms with Crippen molar-refractivity contribution in [2.45, 2.75) is 31.8 Å². The van der Waals surface area contributed by atoms with Crippen LogP contribution in [-0.4, -0.2) is 73.4 Å². The Bertz CT molecular complexity index is 810. The van der Waals surface area contributed by atoms with E-state index in [1.54, 1.807) is 0 Å². The van der Waals surface area contributed by atoms with Crippen molar-refractivity contribution in [3.63, 3.8) is 0 Å². The second-order valence-electron chi connectivity index (χ2n) is 8.43. The molecule has 0 aliphatic carbocycles. The van der Waals surface area contributed by atoms with E-state index in [0.29, 0.717) is 0 Å². The lowest BCUT2D eigenvalue weighted by molar-refractivity contribution is 0.295. The molecule has 0 saturated carbocycles. The van der Waals surface area contributed by atoms with Gasteiger partial charge in [-0.3, -0.25) is 9.67 Å². The Balaban J connectivity index is 0.00000341. The summed E-state index contributed by atoms with van der Waals surface area (Å²) in [5, 5.41) is 7.85. The summed E-state index contributed by atoms with van der Waals surface area (Å²) < 4.78 is 1.85. The van der Waals surface area contributed by atoms with Crippen molar-refractivity contribution in [1.82, 2.24) is 24.9 Å². The molecule has 0 radical (unpaired) electrons. The third kappa shape index (κ3) is 7.10. The average Bonchev–Trinajstić information content (AvgIpc) is 3.18. The molecule has 1 saturated heterocycles. The van der Waals surface area contributed by atoms with E-state index in [9.17, 15) is 0 Å². The maximum Gasteiger partial charge on any atom is 0.193 e. The van der Waals surface area contributed by atoms with Crippen LogP contribution in [0.2, 0.25) is 0 Å². The molecule has 172 valence electrons. The summed E-state index contributed by atoms with van der Waals surface area (Å²) in [6, 6.07) is 9.23. The Labute approximate surface area is 204 Å². The van der Waals surface area contributed by atoms with E-state index in [2.05, 4.69) is 81.7 Å². The van der Waals surface area contributed by atoms with Gasteiger partial charge in [0.05, 0.1) is 12.2 Å². The average molecular weight is 540 g/mol. The highest BCUT2D eigenvalue weighted by atomic mass is 127. The first kappa shape index (κ1) is 25.5. The Morgan fingerprint density at radius 3 is 2.35 bits per heavy atom. The summed E-state index contributed by atoms with van der Waals surface area (Å²) in [5.74, 6) is 0.894. The van der Waals surface area contributed by atoms with Crippen molar-refractivity contribution < 1.29 is 0 Å². The molecule has 1 N–H and O–H groups in total. The van der Waals surface area contributed by atoms with Crippen molar-refractivity contribution in [2.24, 2.45) is 12.0 Å². The predicted molar refractivity (Wildman–Crippen MR) is 140 cm³/mol. The van der Waals surface area contributed by atoms with Gasteiger partial charge in [-0.05, 0) is 51.1 Å². The molecule has 31 heavy (non-hydrogen) atoms. The number of likely N-dealkylation sites (N-methyl/N-ethyl adjacent to an activating group) is 1. The first-order chi connectivity index (χ1) is 14.5. The quantitative estimate of drug-likeness (QED) is 0.333. The van der Waals surface area contributed by atoms with Crippen molar-refractivity contribution in [3.05, 3.63) is 47.8 Å². The summed E-state index contributed by atoms with van der Waals surface area (Å²) in [7, 11) is 10.1. The third-order valence-corrected chi connectivity index (χ3v) is 5.84. The van der Waals surface area contributed by atoms with E-state index in [0.717, 1.165) is 19.0 Å². The SMILES string of the molecule is CN=C(NCC(c1cnn(C)c1)N(C)C)N(C)Cc1ccc(N2CCCCC2)cc1.I. The van der Waals surface area contributed by atoms with Crippen LogP contribution in [0.5, 0.6) is 0 Å². The van der Waals surface area contributed by atoms with E-state index in [-0.39, 0.29) is 30.0 Å². The number of aryl methyl sites for hydroxylation is 1. The largest absolute Gasteiger partial charge is 0.372 e. The lowest BCUT2D eigenvalue weighted by Crippen LogP contribution is -2.42. The van der Waals surface area contributed by atoms with Gasteiger partial charge in [0.25, 0.3) is 0 Å². The summed E-state index contributed by atoms with van der Waals surface area (Å²) in [5.41, 5.74) is 3.83. The minimum atomic E-state index is 0. The van der Waals surface area contributed by atoms with Gasteiger partial charge in [-0.1, -0.05) is 12.1 Å². The maximum absolute atomic E-state index is 4.49. The zero-order valence-corrected chi connectivity index (χ0v) is 21.9. The van der Waals surface area contributed by atoms with Gasteiger partial charge in [-0.2, -0.15) is 5.10 Å². The standard InChI is InChI=1S/C23H37N7.HI/c1-24-23(25-16-22(27(2)3)20-15-26-29(5)18-20)28(4)17-19-9-11-21(12-10-19)30-13-7-6-8-14-30;/h9-12,15,18,22H,6-8,13-14,16-17H2,1-5H3,(H,24,25);1H. The second-order valence-corrected chi connectivity index (χ2v) is 8.43. The highest BCUT2D eigenvalue weighted by Gasteiger charge is 2.17. The fourth-order valence-electron chi connectivity index (χ4n) is 4.10. The van der Waals surface area contributed by atoms with Crippen LogP contribution in [0.4, 0.5) is 5.69 Å². The van der Waals surface area contributed by atoms with Gasteiger partial charge >= 0.3 is 0 Å². The van der Waals surface area contributed by atoms with Crippen molar-refractivity contribution in [2.75, 3.05) is 52.7 Å². The van der Waals surface area contributed by atoms with E-state index in [1.165, 1.54) is 49.2 Å². The number of aliphatic imine (C=N–C) groups is 1. The van der Waals surface area contributed by atoms with Crippen LogP contribution >= 0.6 is 24.0 Å². The number of hydrogen-bond acceptors (Lipinski definition) is 4. The van der Waals surface area contributed by atoms with Crippen LogP contribution in [0.15, 0.2) is 41.7 Å². The molecular formula is C23H38IN7. The first-order valence-corrected chi connectivity index (χ1v) is 10.9. The fourth-order valence-corrected chi connectivity index (χ4v) is 4.10. The molecule has 1 aliphatic rings. The second kappa shape index (κ2) is 12.3. The van der Waals surface area contributed by atoms with Crippen LogP contribution in [0.25, 0.3) is 0 Å². The summed E-state index contributed by atoms with van der Waals surface area (Å²) in [6.07, 6.45) is 7.98. The molecule has 0 bridgehead atoms. The number of halogens is 1. The van der Waals surface area contributed by atoms with Gasteiger partial charge < -0.3 is 20.0 Å². The Morgan fingerprint density at radius 2 is 1.81 bits per heavy atom. The number of aromatic nitrogens is 2. The highest BCUT2D eigenvalue weighted by molar-refractivity contribution is 14.0. The van der Waals surface area contributed by atoms with Crippen LogP contribution in [0.1, 0.15) is 36.4 Å². The van der Waals surface area contributed by atoms with Crippen molar-refractivity contribution >= 4 is 35.6 Å². The van der Waals surface area contributed by atoms with E-state index in [1.807, 2.05) is 25.0 Å². The first-order valence-electron chi connectivity index (χ1n) is 10.9. The Morgan fingerprint density at radius 1 is 1.13 bits per heavy atom. The van der Waals surface area contributed by atoms with E-state index in [4.69, 9.17) is 0 Å². The summed E-state index contributed by atoms with van der Waals surface area (Å²) >= 11 is 0. The van der Waals surface area contributed by atoms with Crippen molar-refractivity contribution in [1.29, 1.82) is 0 Å². The highest BCUT2D eigenvalue weighted by Crippen LogP contribution is 2.21. The Hall–Kier alpha value is -1.81. The predicted octanol–water partition coefficient (Wildman–Crippen LogP) is 3.34. The van der Waals surface area contributed by atoms with Crippen LogP contribution in [-0.2, 0) is 13.6 Å². The molecule has 2 aromatic rings. The molecule has 0 spiro atoms. The molecule has 1 aliphatic heterocycles. The van der Waals surface area contributed by atoms with E-state index < -0.39 is 0 Å². The topological polar surface area (TPSA) is 51.9 Å². The summed E-state index contributed by atoms with van der Waals surface area (Å²) in [6.45, 7) is 3.95. The van der Waals surface area contributed by atoms with Gasteiger partial charge in [-0.25, -0.2) is 0 Å². The number of anilines is 1. The smallest absolute Gasteiger partial charge is 0.193 e. The molecule has 1 unspecified atom stereocenters. The number of nitrogens with one attached hydrogen (secondary N) is 1. The summed E-state index contributed by atoms with van der Waals surface area (Å²) in [4.78, 5) is 11.4. The van der Waals surface area contributed by atoms with Gasteiger partial charge in [0.2, 0.25) is 0 Å². The van der Waals surface area contributed by atoms with Gasteiger partial charge in [0.1, 0.15) is 0 Å². The lowest BCUT2D eigenvalue weighted by atomic mass is 10.1. The van der Waals surface area contributed by atoms with Gasteiger partial charge in [0, 0.05) is 64.8 Å². The van der Waals surface area contributed by atoms with Crippen LogP contribution in [0.3, 0.4) is 0 Å². The lowest BCUT2D eigenvalue weighted by Gasteiger charge is -2.29. The number of hydrogen-bond donors (Lipinski definition) is 1. The molecular weight excluding hydrogens is 501 g/mol. The molecule has 7 nitrogen and oxygen atoms in total. The third-order valence-electron chi connectivity index (χ3n) is 5.84. The molecule has 1 aromatic carbocycles. The molecule has 3 rings (SSSR count). The minimum Gasteiger partial charge on any atom is -0.372 e. The number of guanidine groups is 1. The van der Waals surface area contributed by atoms with Gasteiger partial charge in [-0.15, -0.1) is 24.0 Å². The normalized spacial score (nSPS) is 15.5. The molecule has 8 heteroatoms. The number of rotatable bonds is 7. The zero-order valence-electron chi connectivity index (χ0n) is 19.6. The van der Waals surface area contributed by atoms with Gasteiger partial charge in [0.15, 0.2) is 5.96 Å². The molecule has 1 fully saturated rings. The molecule has 1 atom stereocenters. The van der Waals surface area contributed by atoms with E-state index >= 15 is 0 Å². The number of benzene rings is 1. The fraction of sp³-hybridized carbons (Fsp3) is 0.565. The molecule has 1 aromatic heterocycles. The Kier molecular flexibility index (Phi) is 10.1. The minimum absolute atomic E-state index is 0. The number of piperidine rings is 1. The van der Waals surface area contributed by atoms with Crippen LogP contribution < -0.4 is 10.2 Å².